The van der Waals surface area contributed by atoms with E-state index < -0.39 is 9.84 Å². The molecule has 0 unspecified atom stereocenters. The Kier molecular flexibility index (Phi) is 6.58. The van der Waals surface area contributed by atoms with Crippen LogP contribution in [0.1, 0.15) is 11.1 Å². The van der Waals surface area contributed by atoms with E-state index in [0.29, 0.717) is 23.9 Å². The molecular weight excluding hydrogens is 334 g/mol. The van der Waals surface area contributed by atoms with Crippen LogP contribution in [-0.4, -0.2) is 45.7 Å². The molecule has 0 atom stereocenters. The van der Waals surface area contributed by atoms with E-state index in [0.717, 1.165) is 0 Å². The van der Waals surface area contributed by atoms with Gasteiger partial charge in [-0.05, 0) is 30.2 Å². The molecule has 0 aliphatic heterocycles. The van der Waals surface area contributed by atoms with E-state index >= 15 is 0 Å². The number of benzene rings is 2. The number of aliphatic imine (C=N–C) groups is 1. The topological polar surface area (TPSA) is 61.8 Å². The van der Waals surface area contributed by atoms with E-state index in [1.54, 1.807) is 37.4 Å². The van der Waals surface area contributed by atoms with Crippen LogP contribution in [0.4, 0.5) is 0 Å². The van der Waals surface area contributed by atoms with Gasteiger partial charge in [-0.1, -0.05) is 42.5 Å². The minimum absolute atomic E-state index is 0.0221. The maximum Gasteiger partial charge on any atom is 0.193 e. The molecule has 6 heteroatoms. The van der Waals surface area contributed by atoms with E-state index in [9.17, 15) is 8.42 Å². The Hall–Kier alpha value is -2.34. The molecule has 0 aromatic heterocycles. The smallest absolute Gasteiger partial charge is 0.193 e. The van der Waals surface area contributed by atoms with Crippen LogP contribution >= 0.6 is 0 Å². The summed E-state index contributed by atoms with van der Waals surface area (Å²) in [6.45, 7) is 3.09. The molecule has 134 valence electrons. The Labute approximate surface area is 150 Å². The average Bonchev–Trinajstić information content (AvgIpc) is 2.61. The lowest BCUT2D eigenvalue weighted by Crippen LogP contribution is -2.40. The Morgan fingerprint density at radius 2 is 1.72 bits per heavy atom. The minimum atomic E-state index is -3.29. The second-order valence-corrected chi connectivity index (χ2v) is 8.00. The van der Waals surface area contributed by atoms with Gasteiger partial charge < -0.3 is 10.2 Å². The molecule has 0 spiro atoms. The predicted octanol–water partition coefficient (Wildman–Crippen LogP) is 2.48. The zero-order valence-electron chi connectivity index (χ0n) is 14.9. The maximum atomic E-state index is 12.3. The number of rotatable bonds is 6. The first-order chi connectivity index (χ1) is 11.9. The van der Waals surface area contributed by atoms with Crippen LogP contribution in [0.3, 0.4) is 0 Å². The molecule has 0 bridgehead atoms. The fraction of sp³-hybridized carbons (Fsp3) is 0.316. The van der Waals surface area contributed by atoms with Crippen molar-refractivity contribution in [2.45, 2.75) is 18.4 Å². The Morgan fingerprint density at radius 1 is 1.08 bits per heavy atom. The van der Waals surface area contributed by atoms with E-state index in [4.69, 9.17) is 0 Å². The van der Waals surface area contributed by atoms with Crippen molar-refractivity contribution in [2.24, 2.45) is 4.99 Å². The van der Waals surface area contributed by atoms with E-state index in [-0.39, 0.29) is 5.75 Å². The molecule has 0 heterocycles. The Balaban J connectivity index is 1.93. The number of sulfone groups is 1. The van der Waals surface area contributed by atoms with Crippen molar-refractivity contribution in [2.75, 3.05) is 26.4 Å². The summed E-state index contributed by atoms with van der Waals surface area (Å²) < 4.78 is 24.6. The summed E-state index contributed by atoms with van der Waals surface area (Å²) in [5.41, 5.74) is 2.43. The zero-order chi connectivity index (χ0) is 18.3. The SMILES string of the molecule is CN=C(NCCS(=O)(=O)c1ccccc1)N(C)Cc1ccccc1C. The summed E-state index contributed by atoms with van der Waals surface area (Å²) in [6.07, 6.45) is 0. The monoisotopic (exact) mass is 359 g/mol. The normalized spacial score (nSPS) is 12.0. The van der Waals surface area contributed by atoms with Crippen molar-refractivity contribution in [3.8, 4) is 0 Å². The fourth-order valence-electron chi connectivity index (χ4n) is 2.55. The molecule has 2 rings (SSSR count). The van der Waals surface area contributed by atoms with Gasteiger partial charge in [0.25, 0.3) is 0 Å². The predicted molar refractivity (Wildman–Crippen MR) is 103 cm³/mol. The van der Waals surface area contributed by atoms with Crippen LogP contribution < -0.4 is 5.32 Å². The van der Waals surface area contributed by atoms with Crippen LogP contribution in [0.15, 0.2) is 64.5 Å². The van der Waals surface area contributed by atoms with E-state index in [1.165, 1.54) is 11.1 Å². The highest BCUT2D eigenvalue weighted by Crippen LogP contribution is 2.10. The highest BCUT2D eigenvalue weighted by atomic mass is 32.2. The van der Waals surface area contributed by atoms with Crippen LogP contribution in [0, 0.1) is 6.92 Å². The number of nitrogens with zero attached hydrogens (tertiary/aromatic N) is 2. The molecule has 0 saturated heterocycles. The molecule has 5 nitrogen and oxygen atoms in total. The highest BCUT2D eigenvalue weighted by molar-refractivity contribution is 7.91. The van der Waals surface area contributed by atoms with Gasteiger partial charge in [-0.2, -0.15) is 0 Å². The second-order valence-electron chi connectivity index (χ2n) is 5.89. The molecule has 0 fully saturated rings. The molecule has 0 saturated carbocycles. The van der Waals surface area contributed by atoms with Crippen molar-refractivity contribution < 1.29 is 8.42 Å². The van der Waals surface area contributed by atoms with Gasteiger partial charge in [0.1, 0.15) is 0 Å². The first-order valence-corrected chi connectivity index (χ1v) is 9.83. The van der Waals surface area contributed by atoms with Gasteiger partial charge in [0, 0.05) is 27.2 Å². The summed E-state index contributed by atoms with van der Waals surface area (Å²) in [5, 5.41) is 3.13. The molecule has 25 heavy (non-hydrogen) atoms. The van der Waals surface area contributed by atoms with Crippen molar-refractivity contribution in [1.82, 2.24) is 10.2 Å². The third-order valence-electron chi connectivity index (χ3n) is 4.00. The van der Waals surface area contributed by atoms with Gasteiger partial charge in [0.2, 0.25) is 0 Å². The molecule has 2 aromatic carbocycles. The summed E-state index contributed by atoms with van der Waals surface area (Å²) >= 11 is 0. The van der Waals surface area contributed by atoms with Crippen LogP contribution in [0.2, 0.25) is 0 Å². The summed E-state index contributed by atoms with van der Waals surface area (Å²) in [5.74, 6) is 0.695. The maximum absolute atomic E-state index is 12.3. The van der Waals surface area contributed by atoms with Gasteiger partial charge in [-0.15, -0.1) is 0 Å². The van der Waals surface area contributed by atoms with Crippen LogP contribution in [0.25, 0.3) is 0 Å². The third-order valence-corrected chi connectivity index (χ3v) is 5.73. The average molecular weight is 359 g/mol. The Bertz CT molecular complexity index is 818. The number of aryl methyl sites for hydroxylation is 1. The molecule has 0 radical (unpaired) electrons. The number of hydrogen-bond donors (Lipinski definition) is 1. The number of nitrogens with one attached hydrogen (secondary N) is 1. The fourth-order valence-corrected chi connectivity index (χ4v) is 3.72. The van der Waals surface area contributed by atoms with Crippen molar-refractivity contribution in [1.29, 1.82) is 0 Å². The summed E-state index contributed by atoms with van der Waals surface area (Å²) in [6, 6.07) is 16.7. The van der Waals surface area contributed by atoms with Crippen molar-refractivity contribution in [3.63, 3.8) is 0 Å². The first-order valence-electron chi connectivity index (χ1n) is 8.18. The lowest BCUT2D eigenvalue weighted by Gasteiger charge is -2.23. The van der Waals surface area contributed by atoms with Crippen molar-refractivity contribution in [3.05, 3.63) is 65.7 Å². The van der Waals surface area contributed by atoms with Gasteiger partial charge in [0.15, 0.2) is 15.8 Å². The van der Waals surface area contributed by atoms with Crippen molar-refractivity contribution >= 4 is 15.8 Å². The molecule has 1 N–H and O–H groups in total. The molecule has 0 aliphatic carbocycles. The number of guanidine groups is 1. The summed E-state index contributed by atoms with van der Waals surface area (Å²) in [4.78, 5) is 6.57. The lowest BCUT2D eigenvalue weighted by atomic mass is 10.1. The largest absolute Gasteiger partial charge is 0.355 e. The van der Waals surface area contributed by atoms with Gasteiger partial charge >= 0.3 is 0 Å². The van der Waals surface area contributed by atoms with Crippen LogP contribution in [-0.2, 0) is 16.4 Å². The molecule has 0 aliphatic rings. The lowest BCUT2D eigenvalue weighted by molar-refractivity contribution is 0.477. The van der Waals surface area contributed by atoms with E-state index in [2.05, 4.69) is 29.4 Å². The second kappa shape index (κ2) is 8.67. The van der Waals surface area contributed by atoms with Gasteiger partial charge in [-0.3, -0.25) is 4.99 Å². The van der Waals surface area contributed by atoms with Gasteiger partial charge in [-0.25, -0.2) is 8.42 Å². The van der Waals surface area contributed by atoms with E-state index in [1.807, 2.05) is 24.1 Å². The van der Waals surface area contributed by atoms with Gasteiger partial charge in [0.05, 0.1) is 10.6 Å². The molecule has 0 amide bonds. The Morgan fingerprint density at radius 3 is 2.36 bits per heavy atom. The minimum Gasteiger partial charge on any atom is -0.355 e. The molecule has 2 aromatic rings. The highest BCUT2D eigenvalue weighted by Gasteiger charge is 2.14. The molecular formula is C19H25N3O2S. The third kappa shape index (κ3) is 5.32. The quantitative estimate of drug-likeness (QED) is 0.636. The summed E-state index contributed by atoms with van der Waals surface area (Å²) in [7, 11) is 0.343. The first kappa shape index (κ1) is 19.0. The van der Waals surface area contributed by atoms with Crippen LogP contribution in [0.5, 0.6) is 0 Å². The number of hydrogen-bond acceptors (Lipinski definition) is 3. The zero-order valence-corrected chi connectivity index (χ0v) is 15.8. The standard InChI is InChI=1S/C19H25N3O2S/c1-16-9-7-8-10-17(16)15-22(3)19(20-2)21-13-14-25(23,24)18-11-5-4-6-12-18/h4-12H,13-15H2,1-3H3,(H,20,21).